The van der Waals surface area contributed by atoms with Crippen molar-refractivity contribution in [2.75, 3.05) is 26.4 Å². The molecule has 0 amide bonds. The van der Waals surface area contributed by atoms with Crippen molar-refractivity contribution in [3.8, 4) is 16.9 Å². The highest BCUT2D eigenvalue weighted by Gasteiger charge is 2.10. The fraction of sp³-hybridized carbons (Fsp3) is 0.333. The van der Waals surface area contributed by atoms with Gasteiger partial charge in [0.25, 0.3) is 0 Å². The van der Waals surface area contributed by atoms with E-state index in [1.54, 1.807) is 24.7 Å². The summed E-state index contributed by atoms with van der Waals surface area (Å²) < 4.78 is 16.6. The quantitative estimate of drug-likeness (QED) is 0.250. The van der Waals surface area contributed by atoms with Crippen LogP contribution in [0.5, 0.6) is 5.75 Å². The normalized spacial score (nSPS) is 11.3. The molecule has 0 atom stereocenters. The summed E-state index contributed by atoms with van der Waals surface area (Å²) in [7, 11) is 0. The summed E-state index contributed by atoms with van der Waals surface area (Å²) >= 11 is 6.07. The Labute approximate surface area is 196 Å². The molecule has 0 aliphatic carbocycles. The zero-order chi connectivity index (χ0) is 22.9. The minimum Gasteiger partial charge on any atom is -0.490 e. The van der Waals surface area contributed by atoms with Gasteiger partial charge in [-0.3, -0.25) is 5.10 Å². The zero-order valence-corrected chi connectivity index (χ0v) is 19.0. The van der Waals surface area contributed by atoms with Gasteiger partial charge in [-0.15, -0.1) is 0 Å². The Bertz CT molecular complexity index is 1150. The maximum atomic E-state index is 9.26. The Morgan fingerprint density at radius 3 is 2.76 bits per heavy atom. The topological polar surface area (TPSA) is 105 Å². The SMILES string of the molecule is OCc1cc(Cl)cc(CNCCCCOCCOc2cc(-c3cnoc3)cc3[nH]ncc23)c1. The lowest BCUT2D eigenvalue weighted by Gasteiger charge is -2.10. The first-order valence-corrected chi connectivity index (χ1v) is 11.3. The van der Waals surface area contributed by atoms with E-state index >= 15 is 0 Å². The van der Waals surface area contributed by atoms with Crippen LogP contribution in [0.3, 0.4) is 0 Å². The third-order valence-electron chi connectivity index (χ3n) is 5.19. The molecule has 4 aromatic rings. The molecule has 0 bridgehead atoms. The minimum atomic E-state index is -0.00509. The van der Waals surface area contributed by atoms with Crippen LogP contribution in [-0.2, 0) is 17.9 Å². The summed E-state index contributed by atoms with van der Waals surface area (Å²) in [5.41, 5.74) is 4.61. The number of nitrogens with one attached hydrogen (secondary N) is 2. The molecule has 4 rings (SSSR count). The van der Waals surface area contributed by atoms with E-state index in [0.29, 0.717) is 24.8 Å². The molecule has 174 valence electrons. The van der Waals surface area contributed by atoms with Gasteiger partial charge in [-0.05, 0) is 60.3 Å². The van der Waals surface area contributed by atoms with Crippen molar-refractivity contribution in [1.82, 2.24) is 20.7 Å². The van der Waals surface area contributed by atoms with Crippen molar-refractivity contribution in [2.45, 2.75) is 26.0 Å². The number of fused-ring (bicyclic) bond motifs is 1. The maximum absolute atomic E-state index is 9.26. The van der Waals surface area contributed by atoms with E-state index in [1.807, 2.05) is 24.3 Å². The van der Waals surface area contributed by atoms with Crippen LogP contribution in [0.4, 0.5) is 0 Å². The molecule has 8 nitrogen and oxygen atoms in total. The Hall–Kier alpha value is -2.91. The lowest BCUT2D eigenvalue weighted by molar-refractivity contribution is 0.0979. The number of rotatable bonds is 13. The molecule has 0 spiro atoms. The molecule has 0 aliphatic heterocycles. The van der Waals surface area contributed by atoms with Crippen LogP contribution in [0.2, 0.25) is 5.02 Å². The van der Waals surface area contributed by atoms with Crippen molar-refractivity contribution < 1.29 is 19.1 Å². The van der Waals surface area contributed by atoms with E-state index in [9.17, 15) is 5.11 Å². The summed E-state index contributed by atoms with van der Waals surface area (Å²) in [5, 5.41) is 25.1. The Kier molecular flexibility index (Phi) is 8.32. The third kappa shape index (κ3) is 6.55. The highest BCUT2D eigenvalue weighted by Crippen LogP contribution is 2.31. The standard InChI is InChI=1S/C24H27ClN4O4/c25-21-8-17(7-18(9-21)15-30)12-26-3-1-2-4-31-5-6-32-24-11-19(20-13-28-33-16-20)10-23-22(24)14-27-29-23/h7-11,13-14,16,26,30H,1-6,12,15H2,(H,27,29). The average Bonchev–Trinajstić information content (AvgIpc) is 3.52. The first-order valence-electron chi connectivity index (χ1n) is 10.9. The Balaban J connectivity index is 1.12. The van der Waals surface area contributed by atoms with Crippen molar-refractivity contribution in [3.63, 3.8) is 0 Å². The highest BCUT2D eigenvalue weighted by molar-refractivity contribution is 6.30. The van der Waals surface area contributed by atoms with E-state index in [-0.39, 0.29) is 6.61 Å². The number of aliphatic hydroxyl groups excluding tert-OH is 1. The van der Waals surface area contributed by atoms with Crippen LogP contribution in [0.15, 0.2) is 53.5 Å². The number of ether oxygens (including phenoxy) is 2. The molecule has 0 fully saturated rings. The van der Waals surface area contributed by atoms with Crippen LogP contribution in [0.1, 0.15) is 24.0 Å². The van der Waals surface area contributed by atoms with E-state index < -0.39 is 0 Å². The van der Waals surface area contributed by atoms with Crippen LogP contribution < -0.4 is 10.1 Å². The molecule has 0 unspecified atom stereocenters. The van der Waals surface area contributed by atoms with Crippen LogP contribution >= 0.6 is 11.6 Å². The second-order valence-corrected chi connectivity index (χ2v) is 8.13. The number of nitrogens with zero attached hydrogens (tertiary/aromatic N) is 2. The number of hydrogen-bond donors (Lipinski definition) is 3. The van der Waals surface area contributed by atoms with Gasteiger partial charge in [-0.25, -0.2) is 0 Å². The number of aliphatic hydroxyl groups is 1. The van der Waals surface area contributed by atoms with Gasteiger partial charge < -0.3 is 24.4 Å². The van der Waals surface area contributed by atoms with Crippen molar-refractivity contribution in [3.05, 3.63) is 65.1 Å². The van der Waals surface area contributed by atoms with Gasteiger partial charge in [0.05, 0.1) is 36.5 Å². The van der Waals surface area contributed by atoms with Crippen LogP contribution in [-0.4, -0.2) is 46.8 Å². The largest absolute Gasteiger partial charge is 0.490 e. The number of halogens is 1. The predicted molar refractivity (Wildman–Crippen MR) is 126 cm³/mol. The summed E-state index contributed by atoms with van der Waals surface area (Å²) in [6, 6.07) is 9.60. The summed E-state index contributed by atoms with van der Waals surface area (Å²) in [5.74, 6) is 0.746. The lowest BCUT2D eigenvalue weighted by Crippen LogP contribution is -2.15. The molecule has 3 N–H and O–H groups in total. The molecule has 9 heteroatoms. The van der Waals surface area contributed by atoms with Gasteiger partial charge in [0, 0.05) is 23.7 Å². The fourth-order valence-electron chi connectivity index (χ4n) is 3.56. The molecular formula is C24H27ClN4O4. The van der Waals surface area contributed by atoms with Gasteiger partial charge in [0.1, 0.15) is 18.6 Å². The van der Waals surface area contributed by atoms with Gasteiger partial charge >= 0.3 is 0 Å². The molecule has 2 aromatic carbocycles. The molecule has 0 aliphatic rings. The van der Waals surface area contributed by atoms with Crippen LogP contribution in [0.25, 0.3) is 22.0 Å². The number of aromatic amines is 1. The van der Waals surface area contributed by atoms with Crippen molar-refractivity contribution in [1.29, 1.82) is 0 Å². The average molecular weight is 471 g/mol. The smallest absolute Gasteiger partial charge is 0.131 e. The zero-order valence-electron chi connectivity index (χ0n) is 18.2. The number of H-pyrrole nitrogens is 1. The monoisotopic (exact) mass is 470 g/mol. The Morgan fingerprint density at radius 2 is 1.91 bits per heavy atom. The second kappa shape index (κ2) is 11.8. The first kappa shape index (κ1) is 23.3. The predicted octanol–water partition coefficient (Wildman–Crippen LogP) is 4.33. The van der Waals surface area contributed by atoms with Gasteiger partial charge in [0.15, 0.2) is 0 Å². The molecule has 0 radical (unpaired) electrons. The van der Waals surface area contributed by atoms with Gasteiger partial charge in [0.2, 0.25) is 0 Å². The number of hydrogen-bond acceptors (Lipinski definition) is 7. The Morgan fingerprint density at radius 1 is 1.00 bits per heavy atom. The van der Waals surface area contributed by atoms with E-state index in [0.717, 1.165) is 64.8 Å². The number of aromatic nitrogens is 3. The molecule has 33 heavy (non-hydrogen) atoms. The van der Waals surface area contributed by atoms with Crippen LogP contribution in [0, 0.1) is 0 Å². The summed E-state index contributed by atoms with van der Waals surface area (Å²) in [6.07, 6.45) is 6.98. The van der Waals surface area contributed by atoms with Gasteiger partial charge in [-0.2, -0.15) is 5.10 Å². The number of unbranched alkanes of at least 4 members (excludes halogenated alkanes) is 1. The molecule has 0 saturated heterocycles. The van der Waals surface area contributed by atoms with E-state index in [2.05, 4.69) is 20.7 Å². The lowest BCUT2D eigenvalue weighted by atomic mass is 10.1. The molecular weight excluding hydrogens is 444 g/mol. The summed E-state index contributed by atoms with van der Waals surface area (Å²) in [6.45, 7) is 3.24. The van der Waals surface area contributed by atoms with E-state index in [1.165, 1.54) is 0 Å². The molecule has 2 heterocycles. The van der Waals surface area contributed by atoms with E-state index in [4.69, 9.17) is 25.6 Å². The molecule has 0 saturated carbocycles. The first-order chi connectivity index (χ1) is 16.2. The van der Waals surface area contributed by atoms with Crippen molar-refractivity contribution in [2.24, 2.45) is 0 Å². The minimum absolute atomic E-state index is 0.00509. The second-order valence-electron chi connectivity index (χ2n) is 7.69. The maximum Gasteiger partial charge on any atom is 0.131 e. The fourth-order valence-corrected chi connectivity index (χ4v) is 3.84. The third-order valence-corrected chi connectivity index (χ3v) is 5.41. The van der Waals surface area contributed by atoms with Gasteiger partial charge in [-0.1, -0.05) is 22.8 Å². The molecule has 2 aromatic heterocycles. The highest BCUT2D eigenvalue weighted by atomic mass is 35.5. The number of benzene rings is 2. The summed E-state index contributed by atoms with van der Waals surface area (Å²) in [4.78, 5) is 0. The van der Waals surface area contributed by atoms with Crippen molar-refractivity contribution >= 4 is 22.5 Å².